The molecule has 0 amide bonds. The Kier molecular flexibility index (Phi) is 9.40. The van der Waals surface area contributed by atoms with Crippen molar-refractivity contribution in [2.75, 3.05) is 33.9 Å². The fraction of sp³-hybridized carbons (Fsp3) is 0.833. The number of hydrogen-bond acceptors (Lipinski definition) is 3. The largest absolute Gasteiger partial charge is 0.480 e. The Morgan fingerprint density at radius 3 is 2.55 bits per heavy atom. The molecule has 0 aliphatic rings. The zero-order valence-corrected chi connectivity index (χ0v) is 7.56. The minimum Gasteiger partial charge on any atom is -0.480 e. The van der Waals surface area contributed by atoms with Gasteiger partial charge in [0.1, 0.15) is 0 Å². The highest BCUT2D eigenvalue weighted by molar-refractivity contribution is 5.85. The van der Waals surface area contributed by atoms with Gasteiger partial charge in [-0.25, -0.2) is 0 Å². The maximum absolute atomic E-state index is 10.1. The summed E-state index contributed by atoms with van der Waals surface area (Å²) in [5, 5.41) is 8.30. The molecule has 0 unspecified atom stereocenters. The van der Waals surface area contributed by atoms with Gasteiger partial charge < -0.3 is 9.84 Å². The molecule has 4 nitrogen and oxygen atoms in total. The van der Waals surface area contributed by atoms with Crippen LogP contribution in [0.3, 0.4) is 0 Å². The molecule has 0 spiro atoms. The Morgan fingerprint density at radius 2 is 2.18 bits per heavy atom. The summed E-state index contributed by atoms with van der Waals surface area (Å²) in [5.74, 6) is -0.807. The number of likely N-dealkylation sites (N-methyl/N-ethyl adjacent to an activating group) is 1. The van der Waals surface area contributed by atoms with Gasteiger partial charge >= 0.3 is 5.97 Å². The molecule has 0 aromatic heterocycles. The van der Waals surface area contributed by atoms with Crippen LogP contribution in [0.2, 0.25) is 0 Å². The molecule has 11 heavy (non-hydrogen) atoms. The van der Waals surface area contributed by atoms with Gasteiger partial charge in [-0.2, -0.15) is 0 Å². The fourth-order valence-electron chi connectivity index (χ4n) is 0.557. The Labute approximate surface area is 72.5 Å². The van der Waals surface area contributed by atoms with Crippen molar-refractivity contribution in [2.45, 2.75) is 0 Å². The van der Waals surface area contributed by atoms with Crippen molar-refractivity contribution in [3.63, 3.8) is 0 Å². The van der Waals surface area contributed by atoms with E-state index in [1.807, 2.05) is 0 Å². The molecular weight excluding hydrogens is 170 g/mol. The quantitative estimate of drug-likeness (QED) is 0.656. The van der Waals surface area contributed by atoms with Gasteiger partial charge in [-0.3, -0.25) is 9.69 Å². The minimum atomic E-state index is -0.807. The summed E-state index contributed by atoms with van der Waals surface area (Å²) in [7, 11) is 3.34. The molecule has 0 aromatic rings. The normalized spacial score (nSPS) is 9.36. The van der Waals surface area contributed by atoms with Gasteiger partial charge in [0.25, 0.3) is 0 Å². The summed E-state index contributed by atoms with van der Waals surface area (Å²) in [6.45, 7) is 1.30. The third kappa shape index (κ3) is 9.68. The number of rotatable bonds is 5. The third-order valence-corrected chi connectivity index (χ3v) is 1.08. The number of carboxylic acid groups (broad SMARTS) is 1. The van der Waals surface area contributed by atoms with Crippen LogP contribution in [-0.4, -0.2) is 49.8 Å². The molecule has 0 saturated heterocycles. The SMILES string of the molecule is COCCN(C)CC(=O)O.Cl. The van der Waals surface area contributed by atoms with Gasteiger partial charge in [0.2, 0.25) is 0 Å². The molecule has 0 fully saturated rings. The van der Waals surface area contributed by atoms with E-state index in [9.17, 15) is 4.79 Å². The number of nitrogens with zero attached hydrogens (tertiary/aromatic N) is 1. The lowest BCUT2D eigenvalue weighted by molar-refractivity contribution is -0.138. The highest BCUT2D eigenvalue weighted by Crippen LogP contribution is 1.80. The number of hydrogen-bond donors (Lipinski definition) is 1. The lowest BCUT2D eigenvalue weighted by atomic mass is 10.5. The van der Waals surface area contributed by atoms with Crippen LogP contribution in [0.4, 0.5) is 0 Å². The van der Waals surface area contributed by atoms with Crippen molar-refractivity contribution in [3.05, 3.63) is 0 Å². The Balaban J connectivity index is 0. The van der Waals surface area contributed by atoms with Crippen molar-refractivity contribution in [2.24, 2.45) is 0 Å². The zero-order chi connectivity index (χ0) is 7.98. The van der Waals surface area contributed by atoms with E-state index >= 15 is 0 Å². The van der Waals surface area contributed by atoms with Gasteiger partial charge in [-0.05, 0) is 7.05 Å². The number of methoxy groups -OCH3 is 1. The highest BCUT2D eigenvalue weighted by atomic mass is 35.5. The predicted molar refractivity (Wildman–Crippen MR) is 44.3 cm³/mol. The monoisotopic (exact) mass is 183 g/mol. The van der Waals surface area contributed by atoms with Crippen LogP contribution in [0.1, 0.15) is 0 Å². The van der Waals surface area contributed by atoms with E-state index in [2.05, 4.69) is 0 Å². The number of carboxylic acids is 1. The first-order valence-electron chi connectivity index (χ1n) is 3.06. The second kappa shape index (κ2) is 7.78. The summed E-state index contributed by atoms with van der Waals surface area (Å²) in [4.78, 5) is 11.8. The first-order valence-corrected chi connectivity index (χ1v) is 3.06. The van der Waals surface area contributed by atoms with Crippen LogP contribution in [0, 0.1) is 0 Å². The predicted octanol–water partition coefficient (Wildman–Crippen LogP) is 0.0710. The molecule has 0 aliphatic heterocycles. The van der Waals surface area contributed by atoms with Crippen LogP contribution < -0.4 is 0 Å². The maximum Gasteiger partial charge on any atom is 0.317 e. The molecule has 1 N–H and O–H groups in total. The standard InChI is InChI=1S/C6H13NO3.ClH/c1-7(3-4-10-2)5-6(8)9;/h3-5H2,1-2H3,(H,8,9);1H. The molecule has 0 aliphatic carbocycles. The van der Waals surface area contributed by atoms with E-state index in [-0.39, 0.29) is 19.0 Å². The molecular formula is C6H14ClNO3. The Morgan fingerprint density at radius 1 is 1.64 bits per heavy atom. The number of carbonyl (C=O) groups is 1. The third-order valence-electron chi connectivity index (χ3n) is 1.08. The molecule has 0 rings (SSSR count). The topological polar surface area (TPSA) is 49.8 Å². The average Bonchev–Trinajstić information content (AvgIpc) is 1.82. The van der Waals surface area contributed by atoms with E-state index in [4.69, 9.17) is 9.84 Å². The number of halogens is 1. The summed E-state index contributed by atoms with van der Waals surface area (Å²) in [6.07, 6.45) is 0. The second-order valence-electron chi connectivity index (χ2n) is 2.12. The zero-order valence-electron chi connectivity index (χ0n) is 6.74. The summed E-state index contributed by atoms with van der Waals surface area (Å²) >= 11 is 0. The molecule has 0 radical (unpaired) electrons. The molecule has 0 saturated carbocycles. The van der Waals surface area contributed by atoms with Gasteiger partial charge in [0.15, 0.2) is 0 Å². The van der Waals surface area contributed by atoms with Crippen LogP contribution in [0.5, 0.6) is 0 Å². The highest BCUT2D eigenvalue weighted by Gasteiger charge is 2.01. The summed E-state index contributed by atoms with van der Waals surface area (Å²) in [6, 6.07) is 0. The number of aliphatic carboxylic acids is 1. The molecule has 0 bridgehead atoms. The smallest absolute Gasteiger partial charge is 0.317 e. The van der Waals surface area contributed by atoms with Gasteiger partial charge in [-0.15, -0.1) is 12.4 Å². The van der Waals surface area contributed by atoms with Gasteiger partial charge in [0.05, 0.1) is 13.2 Å². The van der Waals surface area contributed by atoms with Gasteiger partial charge in [-0.1, -0.05) is 0 Å². The van der Waals surface area contributed by atoms with Crippen molar-refractivity contribution >= 4 is 18.4 Å². The van der Waals surface area contributed by atoms with Crippen LogP contribution in [0.25, 0.3) is 0 Å². The lowest BCUT2D eigenvalue weighted by Gasteiger charge is -2.11. The van der Waals surface area contributed by atoms with Crippen LogP contribution in [0.15, 0.2) is 0 Å². The van der Waals surface area contributed by atoms with Crippen molar-refractivity contribution in [3.8, 4) is 0 Å². The average molecular weight is 184 g/mol. The molecule has 0 heterocycles. The van der Waals surface area contributed by atoms with E-state index in [1.165, 1.54) is 0 Å². The van der Waals surface area contributed by atoms with Gasteiger partial charge in [0, 0.05) is 13.7 Å². The number of ether oxygens (including phenoxy) is 1. The van der Waals surface area contributed by atoms with E-state index in [0.717, 1.165) is 0 Å². The van der Waals surface area contributed by atoms with Crippen LogP contribution in [-0.2, 0) is 9.53 Å². The second-order valence-corrected chi connectivity index (χ2v) is 2.12. The molecule has 5 heteroatoms. The van der Waals surface area contributed by atoms with E-state index in [1.54, 1.807) is 19.1 Å². The summed E-state index contributed by atoms with van der Waals surface area (Å²) < 4.78 is 4.76. The summed E-state index contributed by atoms with van der Waals surface area (Å²) in [5.41, 5.74) is 0. The molecule has 0 aromatic carbocycles. The van der Waals surface area contributed by atoms with E-state index < -0.39 is 5.97 Å². The Hall–Kier alpha value is -0.320. The minimum absolute atomic E-state index is 0. The lowest BCUT2D eigenvalue weighted by Crippen LogP contribution is -2.28. The van der Waals surface area contributed by atoms with Crippen LogP contribution >= 0.6 is 12.4 Å². The maximum atomic E-state index is 10.1. The van der Waals surface area contributed by atoms with E-state index in [0.29, 0.717) is 13.2 Å². The van der Waals surface area contributed by atoms with Crippen molar-refractivity contribution in [1.29, 1.82) is 0 Å². The Bertz CT molecular complexity index is 110. The van der Waals surface area contributed by atoms with Crippen molar-refractivity contribution < 1.29 is 14.6 Å². The molecule has 0 atom stereocenters. The fourth-order valence-corrected chi connectivity index (χ4v) is 0.557. The van der Waals surface area contributed by atoms with Crippen molar-refractivity contribution in [1.82, 2.24) is 4.90 Å². The first kappa shape index (κ1) is 13.3. The molecule has 68 valence electrons. The first-order chi connectivity index (χ1) is 4.66.